The van der Waals surface area contributed by atoms with Crippen molar-refractivity contribution < 1.29 is 23.1 Å². The number of carbonyl (C=O) groups is 1. The molecule has 1 aromatic carbocycles. The van der Waals surface area contributed by atoms with Gasteiger partial charge in [-0.3, -0.25) is 19.7 Å². The lowest BCUT2D eigenvalue weighted by atomic mass is 9.75. The van der Waals surface area contributed by atoms with Gasteiger partial charge in [-0.15, -0.1) is 0 Å². The van der Waals surface area contributed by atoms with Crippen LogP contribution in [0, 0.1) is 0 Å². The first-order valence-electron chi connectivity index (χ1n) is 11.0. The number of H-pyrrole nitrogens is 1. The molecule has 8 nitrogen and oxygen atoms in total. The highest BCUT2D eigenvalue weighted by Crippen LogP contribution is 2.48. The van der Waals surface area contributed by atoms with Crippen LogP contribution in [0.15, 0.2) is 35.5 Å². The second-order valence-corrected chi connectivity index (χ2v) is 8.88. The van der Waals surface area contributed by atoms with Crippen LogP contribution in [0.3, 0.4) is 0 Å². The van der Waals surface area contributed by atoms with Crippen LogP contribution in [0.5, 0.6) is 0 Å². The maximum absolute atomic E-state index is 13.7. The van der Waals surface area contributed by atoms with Gasteiger partial charge in [0.05, 0.1) is 40.8 Å². The van der Waals surface area contributed by atoms with E-state index in [9.17, 15) is 23.1 Å². The smallest absolute Gasteiger partial charge is 0.396 e. The maximum Gasteiger partial charge on any atom is 0.418 e. The van der Waals surface area contributed by atoms with Gasteiger partial charge < -0.3 is 15.0 Å². The molecule has 2 aliphatic rings. The van der Waals surface area contributed by atoms with Gasteiger partial charge in [-0.1, -0.05) is 0 Å². The van der Waals surface area contributed by atoms with E-state index in [0.717, 1.165) is 23.6 Å². The van der Waals surface area contributed by atoms with Crippen molar-refractivity contribution in [3.63, 3.8) is 0 Å². The minimum Gasteiger partial charge on any atom is -0.396 e. The zero-order valence-corrected chi connectivity index (χ0v) is 19.4. The molecule has 1 aliphatic heterocycles. The standard InChI is InChI=1S/C23H21F3N6O2S/c1-27-12-18-15(23(24,25)26)9-14(11-28-18)31-20(34)22(6-2-7-22)32(21(31)35)13-3-4-16-17(10-13)30-19(29-16)5-8-33/h3-4,9-12,33H,2,5-8H2,1H3,(H,29,30). The number of aliphatic hydroxyl groups is 1. The molecule has 35 heavy (non-hydrogen) atoms. The SMILES string of the molecule is CN=Cc1ncc(N2C(=O)C3(CCC3)N(c3ccc4nc(CCO)[nH]c4c3)C2=S)cc1C(F)(F)F. The van der Waals surface area contributed by atoms with Crippen molar-refractivity contribution in [1.29, 1.82) is 0 Å². The number of aliphatic hydroxyl groups excluding tert-OH is 1. The maximum atomic E-state index is 13.7. The Morgan fingerprint density at radius 2 is 2.06 bits per heavy atom. The third-order valence-electron chi connectivity index (χ3n) is 6.43. The van der Waals surface area contributed by atoms with Crippen molar-refractivity contribution >= 4 is 51.9 Å². The van der Waals surface area contributed by atoms with Gasteiger partial charge in [0.15, 0.2) is 5.11 Å². The Hall–Kier alpha value is -3.38. The van der Waals surface area contributed by atoms with Crippen LogP contribution in [-0.2, 0) is 17.4 Å². The van der Waals surface area contributed by atoms with Crippen LogP contribution in [0.4, 0.5) is 24.5 Å². The third kappa shape index (κ3) is 3.67. The first-order chi connectivity index (χ1) is 16.7. The Morgan fingerprint density at radius 1 is 1.29 bits per heavy atom. The van der Waals surface area contributed by atoms with Gasteiger partial charge in [-0.25, -0.2) is 4.98 Å². The van der Waals surface area contributed by atoms with Gasteiger partial charge in [0.1, 0.15) is 11.4 Å². The molecule has 1 spiro atoms. The largest absolute Gasteiger partial charge is 0.418 e. The molecule has 2 fully saturated rings. The van der Waals surface area contributed by atoms with E-state index in [1.165, 1.54) is 13.2 Å². The molecule has 1 amide bonds. The second kappa shape index (κ2) is 8.38. The van der Waals surface area contributed by atoms with E-state index >= 15 is 0 Å². The van der Waals surface area contributed by atoms with Gasteiger partial charge >= 0.3 is 6.18 Å². The van der Waals surface area contributed by atoms with Crippen molar-refractivity contribution in [2.75, 3.05) is 23.5 Å². The Morgan fingerprint density at radius 3 is 2.69 bits per heavy atom. The van der Waals surface area contributed by atoms with E-state index < -0.39 is 17.3 Å². The molecule has 0 unspecified atom stereocenters. The van der Waals surface area contributed by atoms with Crippen LogP contribution in [0.2, 0.25) is 0 Å². The molecule has 12 heteroatoms. The van der Waals surface area contributed by atoms with Gasteiger partial charge in [0, 0.05) is 25.4 Å². The van der Waals surface area contributed by atoms with E-state index in [2.05, 4.69) is 19.9 Å². The third-order valence-corrected chi connectivity index (χ3v) is 6.80. The molecule has 5 rings (SSSR count). The number of benzene rings is 1. The average molecular weight is 503 g/mol. The molecule has 3 heterocycles. The zero-order chi connectivity index (χ0) is 25.0. The van der Waals surface area contributed by atoms with Crippen molar-refractivity contribution in [1.82, 2.24) is 15.0 Å². The summed E-state index contributed by atoms with van der Waals surface area (Å²) < 4.78 is 41.2. The number of amides is 1. The summed E-state index contributed by atoms with van der Waals surface area (Å²) in [5.41, 5.74) is -0.287. The van der Waals surface area contributed by atoms with E-state index in [4.69, 9.17) is 12.2 Å². The minimum absolute atomic E-state index is 0.0396. The number of hydrogen-bond donors (Lipinski definition) is 2. The van der Waals surface area contributed by atoms with Crippen LogP contribution >= 0.6 is 12.2 Å². The van der Waals surface area contributed by atoms with Crippen LogP contribution in [0.1, 0.15) is 36.3 Å². The average Bonchev–Trinajstić information content (AvgIpc) is 3.28. The topological polar surface area (TPSA) is 97.7 Å². The molecule has 3 aromatic rings. The summed E-state index contributed by atoms with van der Waals surface area (Å²) in [6.45, 7) is -0.0493. The lowest BCUT2D eigenvalue weighted by molar-refractivity contribution is -0.138. The predicted molar refractivity (Wildman–Crippen MR) is 129 cm³/mol. The molecule has 0 bridgehead atoms. The Labute approximate surface area is 203 Å². The fourth-order valence-corrected chi connectivity index (χ4v) is 5.13. The summed E-state index contributed by atoms with van der Waals surface area (Å²) in [6.07, 6.45) is -0.222. The number of thiocarbonyl (C=S) groups is 1. The number of hydrogen-bond acceptors (Lipinski definition) is 6. The quantitative estimate of drug-likeness (QED) is 0.409. The first-order valence-corrected chi connectivity index (χ1v) is 11.4. The molecular formula is C23H21F3N6O2S. The van der Waals surface area contributed by atoms with E-state index in [0.29, 0.717) is 41.8 Å². The molecular weight excluding hydrogens is 481 g/mol. The number of alkyl halides is 3. The Kier molecular flexibility index (Phi) is 5.59. The lowest BCUT2D eigenvalue weighted by Crippen LogP contribution is -2.55. The fourth-order valence-electron chi connectivity index (χ4n) is 4.66. The first kappa shape index (κ1) is 23.4. The highest BCUT2D eigenvalue weighted by molar-refractivity contribution is 7.81. The summed E-state index contributed by atoms with van der Waals surface area (Å²) >= 11 is 5.68. The number of aromatic amines is 1. The summed E-state index contributed by atoms with van der Waals surface area (Å²) in [7, 11) is 1.36. The number of halogens is 3. The molecule has 182 valence electrons. The van der Waals surface area contributed by atoms with Gasteiger partial charge in [0.25, 0.3) is 5.91 Å². The normalized spacial score (nSPS) is 17.9. The summed E-state index contributed by atoms with van der Waals surface area (Å²) in [5, 5.41) is 9.28. The number of aromatic nitrogens is 3. The van der Waals surface area contributed by atoms with Crippen molar-refractivity contribution in [3.05, 3.63) is 47.5 Å². The van der Waals surface area contributed by atoms with Crippen LogP contribution < -0.4 is 9.80 Å². The van der Waals surface area contributed by atoms with Crippen LogP contribution in [-0.4, -0.2) is 56.5 Å². The highest BCUT2D eigenvalue weighted by Gasteiger charge is 2.59. The summed E-state index contributed by atoms with van der Waals surface area (Å²) in [4.78, 5) is 31.7. The number of carbonyl (C=O) groups excluding carboxylic acids is 1. The number of aliphatic imine (C=N–C) groups is 1. The summed E-state index contributed by atoms with van der Waals surface area (Å²) in [5.74, 6) is 0.257. The number of rotatable bonds is 5. The van der Waals surface area contributed by atoms with Gasteiger partial charge in [0.2, 0.25) is 0 Å². The lowest BCUT2D eigenvalue weighted by Gasteiger charge is -2.43. The fraction of sp³-hybridized carbons (Fsp3) is 0.348. The number of pyridine rings is 1. The number of fused-ring (bicyclic) bond motifs is 1. The van der Waals surface area contributed by atoms with Crippen LogP contribution in [0.25, 0.3) is 11.0 Å². The molecule has 2 N–H and O–H groups in total. The van der Waals surface area contributed by atoms with E-state index in [1.807, 2.05) is 6.07 Å². The molecule has 1 saturated heterocycles. The number of nitrogens with one attached hydrogen (secondary N) is 1. The summed E-state index contributed by atoms with van der Waals surface area (Å²) in [6, 6.07) is 6.28. The van der Waals surface area contributed by atoms with Crippen molar-refractivity contribution in [3.8, 4) is 0 Å². The molecule has 1 aliphatic carbocycles. The Balaban J connectivity index is 1.58. The van der Waals surface area contributed by atoms with E-state index in [-0.39, 0.29) is 29.0 Å². The predicted octanol–water partition coefficient (Wildman–Crippen LogP) is 3.62. The number of anilines is 2. The highest BCUT2D eigenvalue weighted by atomic mass is 32.1. The monoisotopic (exact) mass is 502 g/mol. The number of nitrogens with zero attached hydrogens (tertiary/aromatic N) is 5. The molecule has 2 aromatic heterocycles. The van der Waals surface area contributed by atoms with Crippen molar-refractivity contribution in [2.24, 2.45) is 4.99 Å². The number of imidazole rings is 1. The Bertz CT molecular complexity index is 1370. The van der Waals surface area contributed by atoms with Gasteiger partial charge in [-0.2, -0.15) is 13.2 Å². The van der Waals surface area contributed by atoms with Gasteiger partial charge in [-0.05, 0) is 55.7 Å². The minimum atomic E-state index is -4.68. The zero-order valence-electron chi connectivity index (χ0n) is 18.6. The molecule has 1 saturated carbocycles. The molecule has 0 radical (unpaired) electrons. The van der Waals surface area contributed by atoms with Crippen molar-refractivity contribution in [2.45, 2.75) is 37.4 Å². The molecule has 0 atom stereocenters. The van der Waals surface area contributed by atoms with E-state index in [1.54, 1.807) is 17.0 Å². The second-order valence-electron chi connectivity index (χ2n) is 8.51.